The van der Waals surface area contributed by atoms with Crippen LogP contribution in [0.5, 0.6) is 0 Å². The highest BCUT2D eigenvalue weighted by Gasteiger charge is 2.16. The Balaban J connectivity index is 1.51. The second-order valence-corrected chi connectivity index (χ2v) is 7.42. The van der Waals surface area contributed by atoms with Crippen LogP contribution in [0.4, 0.5) is 4.39 Å². The Kier molecular flexibility index (Phi) is 5.89. The summed E-state index contributed by atoms with van der Waals surface area (Å²) < 4.78 is 13.9. The topological polar surface area (TPSA) is 49.0 Å². The van der Waals surface area contributed by atoms with E-state index in [0.29, 0.717) is 19.4 Å². The minimum absolute atomic E-state index is 0.0655. The first-order chi connectivity index (χ1) is 14.6. The van der Waals surface area contributed by atoms with Crippen molar-refractivity contribution in [2.24, 2.45) is 0 Å². The number of likely N-dealkylation sites (N-methyl/N-ethyl adjacent to an activating group) is 1. The molecule has 2 aromatic heterocycles. The van der Waals surface area contributed by atoms with Crippen LogP contribution in [0, 0.1) is 5.82 Å². The molecule has 0 aliphatic heterocycles. The van der Waals surface area contributed by atoms with Crippen molar-refractivity contribution >= 4 is 16.8 Å². The summed E-state index contributed by atoms with van der Waals surface area (Å²) in [5.41, 5.74) is 4.79. The molecule has 0 fully saturated rings. The Hall–Kier alpha value is -3.47. The number of aromatic amines is 1. The summed E-state index contributed by atoms with van der Waals surface area (Å²) in [5, 5.41) is 0.831. The van der Waals surface area contributed by atoms with Gasteiger partial charge >= 0.3 is 0 Å². The molecule has 30 heavy (non-hydrogen) atoms. The lowest BCUT2D eigenvalue weighted by Gasteiger charge is -2.17. The summed E-state index contributed by atoms with van der Waals surface area (Å²) in [4.78, 5) is 22.2. The predicted octanol–water partition coefficient (Wildman–Crippen LogP) is 5.00. The molecule has 2 heterocycles. The number of halogens is 1. The third kappa shape index (κ3) is 4.40. The zero-order chi connectivity index (χ0) is 20.9. The van der Waals surface area contributed by atoms with E-state index in [1.54, 1.807) is 23.2 Å². The van der Waals surface area contributed by atoms with Crippen molar-refractivity contribution in [3.05, 3.63) is 90.0 Å². The highest BCUT2D eigenvalue weighted by atomic mass is 19.1. The lowest BCUT2D eigenvalue weighted by atomic mass is 10.0. The number of carbonyl (C=O) groups is 1. The van der Waals surface area contributed by atoms with E-state index >= 15 is 0 Å². The van der Waals surface area contributed by atoms with Crippen LogP contribution in [-0.4, -0.2) is 34.4 Å². The molecule has 1 N–H and O–H groups in total. The molecule has 0 aliphatic rings. The van der Waals surface area contributed by atoms with Crippen LogP contribution >= 0.6 is 0 Å². The number of nitrogens with one attached hydrogen (secondary N) is 1. The van der Waals surface area contributed by atoms with Gasteiger partial charge in [0.1, 0.15) is 5.82 Å². The van der Waals surface area contributed by atoms with E-state index in [1.165, 1.54) is 6.07 Å². The number of nitrogens with zero attached hydrogens (tertiary/aromatic N) is 2. The Morgan fingerprint density at radius 1 is 1.03 bits per heavy atom. The largest absolute Gasteiger partial charge is 0.354 e. The molecule has 4 aromatic rings. The molecule has 0 spiro atoms. The molecule has 0 aliphatic carbocycles. The van der Waals surface area contributed by atoms with Crippen molar-refractivity contribution < 1.29 is 9.18 Å². The SMILES string of the molecule is CN(CCc1ccccn1)C(=O)CCc1c(-c2ccccc2)[nH]c2ccc(F)cc12. The van der Waals surface area contributed by atoms with E-state index in [0.717, 1.165) is 39.8 Å². The van der Waals surface area contributed by atoms with Crippen molar-refractivity contribution in [3.63, 3.8) is 0 Å². The first-order valence-corrected chi connectivity index (χ1v) is 10.1. The minimum Gasteiger partial charge on any atom is -0.354 e. The lowest BCUT2D eigenvalue weighted by molar-refractivity contribution is -0.129. The summed E-state index contributed by atoms with van der Waals surface area (Å²) in [7, 11) is 1.82. The van der Waals surface area contributed by atoms with Crippen LogP contribution in [0.3, 0.4) is 0 Å². The van der Waals surface area contributed by atoms with Gasteiger partial charge in [-0.3, -0.25) is 9.78 Å². The third-order valence-electron chi connectivity index (χ3n) is 5.37. The quantitative estimate of drug-likeness (QED) is 0.474. The second kappa shape index (κ2) is 8.91. The molecule has 0 bridgehead atoms. The zero-order valence-electron chi connectivity index (χ0n) is 16.9. The van der Waals surface area contributed by atoms with E-state index in [9.17, 15) is 9.18 Å². The molecule has 2 aromatic carbocycles. The molecule has 1 amide bonds. The average molecular weight is 401 g/mol. The highest BCUT2D eigenvalue weighted by Crippen LogP contribution is 2.32. The predicted molar refractivity (Wildman–Crippen MR) is 118 cm³/mol. The van der Waals surface area contributed by atoms with Crippen molar-refractivity contribution in [1.29, 1.82) is 0 Å². The molecule has 4 nitrogen and oxygen atoms in total. The fourth-order valence-electron chi connectivity index (χ4n) is 3.71. The van der Waals surface area contributed by atoms with Gasteiger partial charge in [-0.05, 0) is 47.9 Å². The summed E-state index contributed by atoms with van der Waals surface area (Å²) in [6.07, 6.45) is 3.39. The first kappa shape index (κ1) is 19.8. The lowest BCUT2D eigenvalue weighted by Crippen LogP contribution is -2.29. The standard InChI is InChI=1S/C25H24FN3O/c1-29(16-14-20-9-5-6-15-27-20)24(30)13-11-21-22-17-19(26)10-12-23(22)28-25(21)18-7-3-2-4-8-18/h2-10,12,15,17,28H,11,13-14,16H2,1H3. The Morgan fingerprint density at radius 2 is 1.83 bits per heavy atom. The summed E-state index contributed by atoms with van der Waals surface area (Å²) >= 11 is 0. The van der Waals surface area contributed by atoms with E-state index in [1.807, 2.05) is 55.6 Å². The van der Waals surface area contributed by atoms with Gasteiger partial charge in [-0.2, -0.15) is 0 Å². The number of aromatic nitrogens is 2. The van der Waals surface area contributed by atoms with Gasteiger partial charge in [0.25, 0.3) is 0 Å². The van der Waals surface area contributed by atoms with Crippen LogP contribution in [0.1, 0.15) is 17.7 Å². The molecule has 5 heteroatoms. The van der Waals surface area contributed by atoms with Gasteiger partial charge in [0.15, 0.2) is 0 Å². The van der Waals surface area contributed by atoms with E-state index < -0.39 is 0 Å². The van der Waals surface area contributed by atoms with Crippen molar-refractivity contribution in [1.82, 2.24) is 14.9 Å². The van der Waals surface area contributed by atoms with Crippen LogP contribution in [0.2, 0.25) is 0 Å². The number of fused-ring (bicyclic) bond motifs is 1. The molecule has 0 unspecified atom stereocenters. The van der Waals surface area contributed by atoms with Gasteiger partial charge in [0.2, 0.25) is 5.91 Å². The average Bonchev–Trinajstić information content (AvgIpc) is 3.14. The van der Waals surface area contributed by atoms with Crippen molar-refractivity contribution in [2.75, 3.05) is 13.6 Å². The summed E-state index contributed by atoms with van der Waals surface area (Å²) in [6.45, 7) is 0.615. The number of benzene rings is 2. The van der Waals surface area contributed by atoms with E-state index in [-0.39, 0.29) is 11.7 Å². The van der Waals surface area contributed by atoms with Gasteiger partial charge < -0.3 is 9.88 Å². The van der Waals surface area contributed by atoms with Gasteiger partial charge in [0.05, 0.1) is 0 Å². The molecular formula is C25H24FN3O. The summed E-state index contributed by atoms with van der Waals surface area (Å²) in [6, 6.07) is 20.5. The van der Waals surface area contributed by atoms with Crippen LogP contribution in [0.15, 0.2) is 72.9 Å². The number of rotatable bonds is 7. The van der Waals surface area contributed by atoms with Crippen LogP contribution in [0.25, 0.3) is 22.2 Å². The fraction of sp³-hybridized carbons (Fsp3) is 0.200. The van der Waals surface area contributed by atoms with E-state index in [2.05, 4.69) is 9.97 Å². The van der Waals surface area contributed by atoms with Crippen molar-refractivity contribution in [3.8, 4) is 11.3 Å². The maximum Gasteiger partial charge on any atom is 0.222 e. The maximum atomic E-state index is 13.9. The molecular weight excluding hydrogens is 377 g/mol. The Bertz CT molecular complexity index is 1140. The number of hydrogen-bond donors (Lipinski definition) is 1. The monoisotopic (exact) mass is 401 g/mol. The number of amides is 1. The zero-order valence-corrected chi connectivity index (χ0v) is 16.9. The Labute approximate surface area is 175 Å². The maximum absolute atomic E-state index is 13.9. The normalized spacial score (nSPS) is 11.0. The van der Waals surface area contributed by atoms with Gasteiger partial charge in [0, 0.05) is 54.9 Å². The van der Waals surface area contributed by atoms with Crippen molar-refractivity contribution in [2.45, 2.75) is 19.3 Å². The van der Waals surface area contributed by atoms with Crippen LogP contribution in [-0.2, 0) is 17.6 Å². The molecule has 0 saturated carbocycles. The smallest absolute Gasteiger partial charge is 0.222 e. The van der Waals surface area contributed by atoms with E-state index in [4.69, 9.17) is 0 Å². The highest BCUT2D eigenvalue weighted by molar-refractivity contribution is 5.91. The molecule has 4 rings (SSSR count). The second-order valence-electron chi connectivity index (χ2n) is 7.42. The number of aryl methyl sites for hydroxylation is 1. The first-order valence-electron chi connectivity index (χ1n) is 10.1. The molecule has 152 valence electrons. The Morgan fingerprint density at radius 3 is 2.60 bits per heavy atom. The van der Waals surface area contributed by atoms with Gasteiger partial charge in [-0.15, -0.1) is 0 Å². The minimum atomic E-state index is -0.277. The number of hydrogen-bond acceptors (Lipinski definition) is 2. The van der Waals surface area contributed by atoms with Gasteiger partial charge in [-0.1, -0.05) is 36.4 Å². The number of H-pyrrole nitrogens is 1. The van der Waals surface area contributed by atoms with Gasteiger partial charge in [-0.25, -0.2) is 4.39 Å². The molecule has 0 radical (unpaired) electrons. The molecule has 0 atom stereocenters. The number of pyridine rings is 1. The number of carbonyl (C=O) groups excluding carboxylic acids is 1. The molecule has 0 saturated heterocycles. The third-order valence-corrected chi connectivity index (χ3v) is 5.37. The summed E-state index contributed by atoms with van der Waals surface area (Å²) in [5.74, 6) is -0.211. The van der Waals surface area contributed by atoms with Crippen LogP contribution < -0.4 is 0 Å². The fourth-order valence-corrected chi connectivity index (χ4v) is 3.71.